The van der Waals surface area contributed by atoms with Crippen molar-refractivity contribution >= 4 is 57.9 Å². The van der Waals surface area contributed by atoms with Gasteiger partial charge in [-0.1, -0.05) is 68.6 Å². The third-order valence-corrected chi connectivity index (χ3v) is 9.11. The van der Waals surface area contributed by atoms with Gasteiger partial charge in [0.25, 0.3) is 0 Å². The minimum Gasteiger partial charge on any atom is -0.243 e. The molecular formula is C33H26BN5S2. The maximum atomic E-state index is 9.47. The zero-order chi connectivity index (χ0) is 29.8. The van der Waals surface area contributed by atoms with Crippen LogP contribution in [0.2, 0.25) is 0 Å². The summed E-state index contributed by atoms with van der Waals surface area (Å²) in [4.78, 5) is 7.11. The maximum absolute atomic E-state index is 9.47. The maximum Gasteiger partial charge on any atom is 0.244 e. The van der Waals surface area contributed by atoms with Crippen LogP contribution in [0, 0.1) is 86.9 Å². The second-order valence-electron chi connectivity index (χ2n) is 10.1. The predicted molar refractivity (Wildman–Crippen MR) is 170 cm³/mol. The SMILES string of the molecule is Cc1cc(C)c(B(c2cc(C=C(C#N)C#N)sc2-c2ncc(C=C(C#N)C#N)s2)c2c(C)cc(C)cc2C)c(C)c1. The molecule has 0 atom stereocenters. The Balaban J connectivity index is 2.10. The number of hydrogen-bond acceptors (Lipinski definition) is 7. The lowest BCUT2D eigenvalue weighted by molar-refractivity contribution is 1.34. The number of rotatable bonds is 6. The van der Waals surface area contributed by atoms with Crippen molar-refractivity contribution in [3.05, 3.63) is 90.8 Å². The molecule has 198 valence electrons. The Labute approximate surface area is 249 Å². The second-order valence-corrected chi connectivity index (χ2v) is 12.3. The second kappa shape index (κ2) is 12.2. The van der Waals surface area contributed by atoms with Gasteiger partial charge in [-0.25, -0.2) is 4.98 Å². The van der Waals surface area contributed by atoms with E-state index >= 15 is 0 Å². The average molecular weight is 568 g/mol. The summed E-state index contributed by atoms with van der Waals surface area (Å²) in [5, 5.41) is 38.2. The molecule has 0 bridgehead atoms. The van der Waals surface area contributed by atoms with Crippen LogP contribution < -0.4 is 16.4 Å². The monoisotopic (exact) mass is 567 g/mol. The normalized spacial score (nSPS) is 10.1. The number of benzene rings is 2. The predicted octanol–water partition coefficient (Wildman–Crippen LogP) is 6.10. The molecule has 0 radical (unpaired) electrons. The van der Waals surface area contributed by atoms with Gasteiger partial charge in [-0.2, -0.15) is 21.0 Å². The van der Waals surface area contributed by atoms with Crippen LogP contribution in [0.3, 0.4) is 0 Å². The topological polar surface area (TPSA) is 108 Å². The van der Waals surface area contributed by atoms with E-state index in [0.717, 1.165) is 20.2 Å². The minimum absolute atomic E-state index is 0.0117. The molecule has 2 aromatic carbocycles. The molecule has 0 saturated carbocycles. The summed E-state index contributed by atoms with van der Waals surface area (Å²) in [6.07, 6.45) is 4.83. The van der Waals surface area contributed by atoms with Gasteiger partial charge in [-0.15, -0.1) is 22.7 Å². The fourth-order valence-electron chi connectivity index (χ4n) is 5.55. The Hall–Kier alpha value is -4.73. The van der Waals surface area contributed by atoms with Crippen LogP contribution in [0.25, 0.3) is 22.0 Å². The molecule has 0 saturated heterocycles. The Kier molecular flexibility index (Phi) is 8.71. The van der Waals surface area contributed by atoms with Gasteiger partial charge in [-0.05, 0) is 65.2 Å². The zero-order valence-electron chi connectivity index (χ0n) is 23.7. The Morgan fingerprint density at radius 2 is 1.10 bits per heavy atom. The van der Waals surface area contributed by atoms with E-state index in [1.165, 1.54) is 67.0 Å². The van der Waals surface area contributed by atoms with Crippen LogP contribution in [0.4, 0.5) is 0 Å². The number of thiophene rings is 1. The number of hydrogen-bond donors (Lipinski definition) is 0. The third-order valence-electron chi connectivity index (χ3n) is 6.92. The van der Waals surface area contributed by atoms with Crippen LogP contribution in [0.5, 0.6) is 0 Å². The first-order valence-electron chi connectivity index (χ1n) is 12.9. The lowest BCUT2D eigenvalue weighted by atomic mass is 9.34. The summed E-state index contributed by atoms with van der Waals surface area (Å²) in [5.74, 6) is 0. The van der Waals surface area contributed by atoms with E-state index in [1.54, 1.807) is 18.3 Å². The summed E-state index contributed by atoms with van der Waals surface area (Å²) in [6, 6.07) is 18.7. The molecule has 5 nitrogen and oxygen atoms in total. The zero-order valence-corrected chi connectivity index (χ0v) is 25.4. The average Bonchev–Trinajstić information content (AvgIpc) is 3.55. The van der Waals surface area contributed by atoms with Gasteiger partial charge in [0.2, 0.25) is 6.71 Å². The number of aromatic nitrogens is 1. The van der Waals surface area contributed by atoms with Gasteiger partial charge < -0.3 is 0 Å². The quantitative estimate of drug-likeness (QED) is 0.207. The molecule has 0 fully saturated rings. The van der Waals surface area contributed by atoms with Crippen molar-refractivity contribution in [2.75, 3.05) is 0 Å². The first-order valence-corrected chi connectivity index (χ1v) is 14.5. The highest BCUT2D eigenvalue weighted by atomic mass is 32.1. The van der Waals surface area contributed by atoms with E-state index in [2.05, 4.69) is 71.9 Å². The van der Waals surface area contributed by atoms with Gasteiger partial charge >= 0.3 is 0 Å². The third kappa shape index (κ3) is 6.06. The highest BCUT2D eigenvalue weighted by molar-refractivity contribution is 7.24. The molecular weight excluding hydrogens is 541 g/mol. The lowest BCUT2D eigenvalue weighted by Crippen LogP contribution is -2.56. The van der Waals surface area contributed by atoms with Crippen LogP contribution >= 0.6 is 22.7 Å². The summed E-state index contributed by atoms with van der Waals surface area (Å²) in [5.41, 5.74) is 10.7. The van der Waals surface area contributed by atoms with E-state index in [4.69, 9.17) is 4.98 Å². The molecule has 0 spiro atoms. The molecule has 2 heterocycles. The first-order chi connectivity index (χ1) is 19.6. The molecule has 0 aliphatic heterocycles. The lowest BCUT2D eigenvalue weighted by Gasteiger charge is -2.24. The number of nitriles is 4. The molecule has 0 aliphatic rings. The van der Waals surface area contributed by atoms with Crippen molar-refractivity contribution in [2.45, 2.75) is 41.5 Å². The fraction of sp³-hybridized carbons (Fsp3) is 0.182. The smallest absolute Gasteiger partial charge is 0.243 e. The highest BCUT2D eigenvalue weighted by Gasteiger charge is 2.32. The molecule has 0 amide bonds. The number of nitrogens with zero attached hydrogens (tertiary/aromatic N) is 5. The number of thiazole rings is 1. The van der Waals surface area contributed by atoms with Crippen LogP contribution in [0.1, 0.15) is 43.1 Å². The number of allylic oxidation sites excluding steroid dienone is 2. The van der Waals surface area contributed by atoms with Crippen LogP contribution in [-0.4, -0.2) is 11.7 Å². The molecule has 2 aromatic heterocycles. The minimum atomic E-state index is -0.131. The summed E-state index contributed by atoms with van der Waals surface area (Å²) >= 11 is 2.88. The van der Waals surface area contributed by atoms with E-state index in [0.29, 0.717) is 4.88 Å². The van der Waals surface area contributed by atoms with E-state index < -0.39 is 0 Å². The first kappa shape index (κ1) is 29.3. The van der Waals surface area contributed by atoms with Gasteiger partial charge in [0.15, 0.2) is 0 Å². The highest BCUT2D eigenvalue weighted by Crippen LogP contribution is 2.33. The van der Waals surface area contributed by atoms with Crippen molar-refractivity contribution in [3.8, 4) is 34.2 Å². The van der Waals surface area contributed by atoms with Crippen LogP contribution in [-0.2, 0) is 0 Å². The van der Waals surface area contributed by atoms with Crippen molar-refractivity contribution in [2.24, 2.45) is 0 Å². The van der Waals surface area contributed by atoms with Gasteiger partial charge in [0.1, 0.15) is 40.4 Å². The Morgan fingerprint density at radius 3 is 1.54 bits per heavy atom. The molecule has 41 heavy (non-hydrogen) atoms. The van der Waals surface area contributed by atoms with E-state index in [1.807, 2.05) is 24.3 Å². The van der Waals surface area contributed by atoms with Crippen molar-refractivity contribution in [3.63, 3.8) is 0 Å². The molecule has 4 aromatic rings. The standard InChI is InChI=1S/C33H26BN5S2/c1-19-7-21(3)30(22(4)8-19)34(31-23(5)9-20(2)10-24(31)6)29-13-27(11-25(14-35)15-36)40-32(29)33-39-18-28(41-33)12-26(16-37)17-38/h7-13,18H,1-6H3. The summed E-state index contributed by atoms with van der Waals surface area (Å²) in [7, 11) is 0. The van der Waals surface area contributed by atoms with Gasteiger partial charge in [-0.3, -0.25) is 0 Å². The number of aryl methyl sites for hydroxylation is 6. The molecule has 0 aliphatic carbocycles. The van der Waals surface area contributed by atoms with E-state index in [-0.39, 0.29) is 17.9 Å². The largest absolute Gasteiger partial charge is 0.244 e. The van der Waals surface area contributed by atoms with Gasteiger partial charge in [0, 0.05) is 16.0 Å². The molecule has 0 unspecified atom stereocenters. The fourth-order valence-corrected chi connectivity index (χ4v) is 7.65. The van der Waals surface area contributed by atoms with Crippen LogP contribution in [0.15, 0.2) is 47.7 Å². The van der Waals surface area contributed by atoms with Crippen molar-refractivity contribution in [1.29, 1.82) is 21.0 Å². The molecule has 8 heteroatoms. The van der Waals surface area contributed by atoms with Gasteiger partial charge in [0.05, 0.1) is 4.88 Å². The van der Waals surface area contributed by atoms with Crippen molar-refractivity contribution in [1.82, 2.24) is 4.98 Å². The summed E-state index contributed by atoms with van der Waals surface area (Å²) in [6.45, 7) is 12.7. The molecule has 4 rings (SSSR count). The Morgan fingerprint density at radius 1 is 0.659 bits per heavy atom. The van der Waals surface area contributed by atoms with E-state index in [9.17, 15) is 21.0 Å². The Bertz CT molecular complexity index is 1780. The molecule has 0 N–H and O–H groups in total. The summed E-state index contributed by atoms with van der Waals surface area (Å²) < 4.78 is 0. The van der Waals surface area contributed by atoms with Crippen molar-refractivity contribution < 1.29 is 0 Å².